The Balaban J connectivity index is 1.34. The van der Waals surface area contributed by atoms with Crippen molar-refractivity contribution < 1.29 is 14.9 Å². The number of rotatable bonds is 7. The average molecular weight is 397 g/mol. The Bertz CT molecular complexity index is 809. The highest BCUT2D eigenvalue weighted by Gasteiger charge is 2.48. The summed E-state index contributed by atoms with van der Waals surface area (Å²) in [7, 11) is 1.68. The molecule has 1 saturated carbocycles. The molecule has 4 rings (SSSR count). The van der Waals surface area contributed by atoms with Crippen molar-refractivity contribution in [3.8, 4) is 11.5 Å². The maximum absolute atomic E-state index is 11.2. The minimum atomic E-state index is -0.601. The molecule has 2 unspecified atom stereocenters. The summed E-state index contributed by atoms with van der Waals surface area (Å²) in [6.07, 6.45) is 5.02. The number of pyridine rings is 1. The zero-order chi connectivity index (χ0) is 20.4. The maximum atomic E-state index is 11.2. The van der Waals surface area contributed by atoms with E-state index in [0.717, 1.165) is 55.9 Å². The number of benzene rings is 1. The molecule has 2 aromatic rings. The third kappa shape index (κ3) is 4.57. The number of hydrogen-bond acceptors (Lipinski definition) is 5. The highest BCUT2D eigenvalue weighted by Crippen LogP contribution is 2.45. The fraction of sp³-hybridized carbons (Fsp3) is 0.542. The van der Waals surface area contributed by atoms with Crippen molar-refractivity contribution >= 4 is 0 Å². The molecule has 2 fully saturated rings. The van der Waals surface area contributed by atoms with E-state index in [2.05, 4.69) is 22.9 Å². The van der Waals surface area contributed by atoms with Crippen LogP contribution in [0.2, 0.25) is 0 Å². The second kappa shape index (κ2) is 8.33. The van der Waals surface area contributed by atoms with Crippen molar-refractivity contribution in [1.82, 2.24) is 9.88 Å². The summed E-state index contributed by atoms with van der Waals surface area (Å²) in [5.74, 6) is 2.58. The number of aromatic hydroxyl groups is 1. The van der Waals surface area contributed by atoms with Gasteiger partial charge < -0.3 is 19.8 Å². The molecule has 0 spiro atoms. The van der Waals surface area contributed by atoms with Gasteiger partial charge in [0.1, 0.15) is 11.5 Å². The minimum absolute atomic E-state index is 0.217. The van der Waals surface area contributed by atoms with Gasteiger partial charge in [0.05, 0.1) is 18.9 Å². The Kier molecular flexibility index (Phi) is 5.79. The number of methoxy groups -OCH3 is 1. The lowest BCUT2D eigenvalue weighted by Gasteiger charge is -2.28. The smallest absolute Gasteiger partial charge is 0.133 e. The summed E-state index contributed by atoms with van der Waals surface area (Å²) < 4.78 is 5.32. The quantitative estimate of drug-likeness (QED) is 0.749. The molecule has 1 aliphatic carbocycles. The van der Waals surface area contributed by atoms with Crippen molar-refractivity contribution in [2.24, 2.45) is 11.8 Å². The van der Waals surface area contributed by atoms with Crippen molar-refractivity contribution in [3.05, 3.63) is 53.9 Å². The number of likely N-dealkylation sites (tertiary alicyclic amines) is 1. The first kappa shape index (κ1) is 20.2. The molecule has 4 atom stereocenters. The molecule has 1 aromatic heterocycles. The molecule has 2 N–H and O–H groups in total. The van der Waals surface area contributed by atoms with E-state index in [1.165, 1.54) is 6.20 Å². The Hall–Kier alpha value is -2.11. The minimum Gasteiger partial charge on any atom is -0.506 e. The highest BCUT2D eigenvalue weighted by atomic mass is 16.5. The Labute approximate surface area is 173 Å². The monoisotopic (exact) mass is 396 g/mol. The first-order valence-electron chi connectivity index (χ1n) is 10.7. The zero-order valence-corrected chi connectivity index (χ0v) is 17.4. The van der Waals surface area contributed by atoms with Crippen LogP contribution in [-0.2, 0) is 6.42 Å². The van der Waals surface area contributed by atoms with Crippen LogP contribution in [0.5, 0.6) is 11.5 Å². The van der Waals surface area contributed by atoms with Gasteiger partial charge in [0.25, 0.3) is 0 Å². The molecule has 5 heteroatoms. The average Bonchev–Trinajstić information content (AvgIpc) is 3.20. The van der Waals surface area contributed by atoms with Crippen molar-refractivity contribution in [2.75, 3.05) is 26.7 Å². The Morgan fingerprint density at radius 2 is 1.97 bits per heavy atom. The molecule has 1 aliphatic heterocycles. The summed E-state index contributed by atoms with van der Waals surface area (Å²) in [6, 6.07) is 11.7. The zero-order valence-electron chi connectivity index (χ0n) is 17.4. The summed E-state index contributed by atoms with van der Waals surface area (Å²) in [4.78, 5) is 6.97. The lowest BCUT2D eigenvalue weighted by atomic mass is 9.91. The van der Waals surface area contributed by atoms with Gasteiger partial charge in [-0.25, -0.2) is 0 Å². The number of aromatic nitrogens is 1. The molecule has 29 heavy (non-hydrogen) atoms. The molecule has 156 valence electrons. The van der Waals surface area contributed by atoms with Gasteiger partial charge in [-0.1, -0.05) is 19.1 Å². The van der Waals surface area contributed by atoms with Crippen LogP contribution in [-0.4, -0.2) is 52.4 Å². The predicted octanol–water partition coefficient (Wildman–Crippen LogP) is 3.61. The van der Waals surface area contributed by atoms with Crippen molar-refractivity contribution in [3.63, 3.8) is 0 Å². The topological polar surface area (TPSA) is 65.8 Å². The van der Waals surface area contributed by atoms with Crippen LogP contribution in [0.4, 0.5) is 0 Å². The van der Waals surface area contributed by atoms with Crippen molar-refractivity contribution in [1.29, 1.82) is 0 Å². The number of ether oxygens (including phenoxy) is 1. The molecule has 1 saturated heterocycles. The van der Waals surface area contributed by atoms with Gasteiger partial charge in [-0.05, 0) is 60.9 Å². The van der Waals surface area contributed by atoms with E-state index < -0.39 is 5.60 Å². The van der Waals surface area contributed by atoms with Crippen LogP contribution in [0.1, 0.15) is 43.4 Å². The Morgan fingerprint density at radius 1 is 1.21 bits per heavy atom. The largest absolute Gasteiger partial charge is 0.506 e. The molecule has 0 amide bonds. The van der Waals surface area contributed by atoms with E-state index in [9.17, 15) is 10.2 Å². The standard InChI is InChI=1S/C24H32N2O3/c1-3-18(23-8-7-21(27)13-25-23)14-26-15-19-11-24(28,12-20(19)16-26)10-17-5-4-6-22(9-17)29-2/h4-9,13,18-20,27-28H,3,10-12,14-16H2,1-2H3/t18?,19-,20+,24?. The summed E-state index contributed by atoms with van der Waals surface area (Å²) >= 11 is 0. The van der Waals surface area contributed by atoms with Crippen LogP contribution in [0.3, 0.4) is 0 Å². The summed E-state index contributed by atoms with van der Waals surface area (Å²) in [5, 5.41) is 20.7. The van der Waals surface area contributed by atoms with Gasteiger partial charge in [-0.15, -0.1) is 0 Å². The second-order valence-electron chi connectivity index (χ2n) is 8.95. The van der Waals surface area contributed by atoms with Gasteiger partial charge in [0, 0.05) is 37.7 Å². The third-order valence-electron chi connectivity index (χ3n) is 6.76. The van der Waals surface area contributed by atoms with Crippen LogP contribution < -0.4 is 4.74 Å². The van der Waals surface area contributed by atoms with Crippen LogP contribution in [0.15, 0.2) is 42.6 Å². The van der Waals surface area contributed by atoms with Gasteiger partial charge in [-0.2, -0.15) is 0 Å². The fourth-order valence-electron chi connectivity index (χ4n) is 5.40. The number of hydrogen-bond donors (Lipinski definition) is 2. The van der Waals surface area contributed by atoms with Crippen LogP contribution in [0.25, 0.3) is 0 Å². The molecule has 0 bridgehead atoms. The van der Waals surface area contributed by atoms with Crippen LogP contribution in [0, 0.1) is 11.8 Å². The van der Waals surface area contributed by atoms with Gasteiger partial charge in [-0.3, -0.25) is 4.98 Å². The van der Waals surface area contributed by atoms with E-state index in [1.807, 2.05) is 24.3 Å². The summed E-state index contributed by atoms with van der Waals surface area (Å²) in [5.41, 5.74) is 1.60. The van der Waals surface area contributed by atoms with Gasteiger partial charge >= 0.3 is 0 Å². The first-order valence-corrected chi connectivity index (χ1v) is 10.7. The predicted molar refractivity (Wildman–Crippen MR) is 113 cm³/mol. The van der Waals surface area contributed by atoms with Crippen molar-refractivity contribution in [2.45, 2.75) is 44.1 Å². The highest BCUT2D eigenvalue weighted by molar-refractivity contribution is 5.30. The first-order chi connectivity index (χ1) is 14.0. The third-order valence-corrected chi connectivity index (χ3v) is 6.76. The number of aliphatic hydroxyl groups is 1. The lowest BCUT2D eigenvalue weighted by molar-refractivity contribution is 0.0352. The van der Waals surface area contributed by atoms with Gasteiger partial charge in [0.2, 0.25) is 0 Å². The molecule has 0 radical (unpaired) electrons. The lowest BCUT2D eigenvalue weighted by Crippen LogP contribution is -2.33. The van der Waals surface area contributed by atoms with E-state index in [0.29, 0.717) is 24.2 Å². The van der Waals surface area contributed by atoms with E-state index >= 15 is 0 Å². The SMILES string of the molecule is CCC(CN1C[C@@H]2CC(O)(Cc3cccc(OC)c3)C[C@@H]2C1)c1ccc(O)cn1. The number of nitrogens with zero attached hydrogens (tertiary/aromatic N) is 2. The normalized spacial score (nSPS) is 27.7. The Morgan fingerprint density at radius 3 is 2.59 bits per heavy atom. The van der Waals surface area contributed by atoms with E-state index in [4.69, 9.17) is 4.74 Å². The molecule has 2 heterocycles. The van der Waals surface area contributed by atoms with Crippen LogP contribution >= 0.6 is 0 Å². The molecule has 5 nitrogen and oxygen atoms in total. The van der Waals surface area contributed by atoms with Gasteiger partial charge in [0.15, 0.2) is 0 Å². The maximum Gasteiger partial charge on any atom is 0.133 e. The van der Waals surface area contributed by atoms with E-state index in [1.54, 1.807) is 13.2 Å². The molecule has 1 aromatic carbocycles. The summed E-state index contributed by atoms with van der Waals surface area (Å²) in [6.45, 7) is 5.30. The second-order valence-corrected chi connectivity index (χ2v) is 8.95. The van der Waals surface area contributed by atoms with E-state index in [-0.39, 0.29) is 5.75 Å². The number of fused-ring (bicyclic) bond motifs is 1. The molecular weight excluding hydrogens is 364 g/mol. The molecular formula is C24H32N2O3. The molecule has 2 aliphatic rings. The fourth-order valence-corrected chi connectivity index (χ4v) is 5.40.